The van der Waals surface area contributed by atoms with Crippen LogP contribution in [0.3, 0.4) is 0 Å². The van der Waals surface area contributed by atoms with Gasteiger partial charge < -0.3 is 15.2 Å². The zero-order chi connectivity index (χ0) is 13.8. The monoisotopic (exact) mass is 263 g/mol. The normalized spacial score (nSPS) is 18.9. The summed E-state index contributed by atoms with van der Waals surface area (Å²) < 4.78 is 5.52. The molecule has 1 aromatic carbocycles. The van der Waals surface area contributed by atoms with Gasteiger partial charge in [0.05, 0.1) is 5.92 Å². The average molecular weight is 263 g/mol. The van der Waals surface area contributed by atoms with E-state index in [9.17, 15) is 9.59 Å². The summed E-state index contributed by atoms with van der Waals surface area (Å²) in [7, 11) is 0. The highest BCUT2D eigenvalue weighted by Crippen LogP contribution is 2.26. The second-order valence-corrected chi connectivity index (χ2v) is 4.63. The highest BCUT2D eigenvalue weighted by molar-refractivity contribution is 5.85. The number of benzene rings is 1. The van der Waals surface area contributed by atoms with E-state index in [1.165, 1.54) is 0 Å². The fourth-order valence-electron chi connectivity index (χ4n) is 2.12. The van der Waals surface area contributed by atoms with Gasteiger partial charge >= 0.3 is 5.97 Å². The van der Waals surface area contributed by atoms with Crippen molar-refractivity contribution in [2.75, 3.05) is 6.61 Å². The fraction of sp³-hybridized carbons (Fsp3) is 0.429. The van der Waals surface area contributed by atoms with E-state index in [1.54, 1.807) is 6.92 Å². The van der Waals surface area contributed by atoms with Gasteiger partial charge in [0.2, 0.25) is 5.91 Å². The minimum Gasteiger partial charge on any atom is -0.492 e. The van der Waals surface area contributed by atoms with E-state index in [-0.39, 0.29) is 11.8 Å². The summed E-state index contributed by atoms with van der Waals surface area (Å²) in [6.07, 6.45) is 0.948. The molecule has 1 aliphatic rings. The lowest BCUT2D eigenvalue weighted by atomic mass is 9.95. The van der Waals surface area contributed by atoms with Crippen LogP contribution < -0.4 is 10.1 Å². The lowest BCUT2D eigenvalue weighted by molar-refractivity contribution is -0.142. The van der Waals surface area contributed by atoms with Crippen molar-refractivity contribution < 1.29 is 19.4 Å². The van der Waals surface area contributed by atoms with E-state index in [2.05, 4.69) is 5.32 Å². The first-order valence-corrected chi connectivity index (χ1v) is 6.35. The topological polar surface area (TPSA) is 75.6 Å². The maximum atomic E-state index is 12.0. The molecule has 0 bridgehead atoms. The van der Waals surface area contributed by atoms with E-state index in [0.717, 1.165) is 11.3 Å². The van der Waals surface area contributed by atoms with Crippen LogP contribution in [0.4, 0.5) is 0 Å². The number of fused-ring (bicyclic) bond motifs is 1. The van der Waals surface area contributed by atoms with Crippen molar-refractivity contribution in [2.45, 2.75) is 25.8 Å². The third-order valence-electron chi connectivity index (χ3n) is 3.27. The molecule has 0 saturated heterocycles. The number of para-hydroxylation sites is 1. The van der Waals surface area contributed by atoms with Gasteiger partial charge in [0.1, 0.15) is 18.4 Å². The quantitative estimate of drug-likeness (QED) is 0.856. The number of nitrogens with one attached hydrogen (secondary N) is 1. The van der Waals surface area contributed by atoms with Crippen molar-refractivity contribution in [1.82, 2.24) is 5.32 Å². The van der Waals surface area contributed by atoms with Gasteiger partial charge in [-0.1, -0.05) is 25.1 Å². The number of carbonyl (C=O) groups excluding carboxylic acids is 1. The first kappa shape index (κ1) is 13.4. The highest BCUT2D eigenvalue weighted by Gasteiger charge is 2.28. The van der Waals surface area contributed by atoms with Crippen LogP contribution in [0.1, 0.15) is 18.9 Å². The van der Waals surface area contributed by atoms with E-state index in [4.69, 9.17) is 9.84 Å². The van der Waals surface area contributed by atoms with Crippen LogP contribution >= 0.6 is 0 Å². The molecular formula is C14H17NO4. The molecule has 0 aliphatic carbocycles. The van der Waals surface area contributed by atoms with Gasteiger partial charge in [0, 0.05) is 0 Å². The molecule has 2 N–H and O–H groups in total. The van der Waals surface area contributed by atoms with Crippen LogP contribution in [0.5, 0.6) is 5.75 Å². The number of amides is 1. The Morgan fingerprint density at radius 3 is 2.89 bits per heavy atom. The Morgan fingerprint density at radius 1 is 1.47 bits per heavy atom. The summed E-state index contributed by atoms with van der Waals surface area (Å²) >= 11 is 0. The first-order valence-electron chi connectivity index (χ1n) is 6.35. The van der Waals surface area contributed by atoms with Gasteiger partial charge in [-0.2, -0.15) is 0 Å². The molecule has 1 unspecified atom stereocenters. The molecule has 5 heteroatoms. The molecule has 0 saturated carbocycles. The Labute approximate surface area is 111 Å². The van der Waals surface area contributed by atoms with E-state index in [1.807, 2.05) is 24.3 Å². The third kappa shape index (κ3) is 3.05. The predicted molar refractivity (Wildman–Crippen MR) is 69.0 cm³/mol. The molecule has 1 aromatic rings. The molecule has 1 amide bonds. The lowest BCUT2D eigenvalue weighted by Gasteiger charge is -2.25. The molecule has 102 valence electrons. The molecule has 2 rings (SSSR count). The van der Waals surface area contributed by atoms with Crippen LogP contribution in [0, 0.1) is 5.92 Å². The summed E-state index contributed by atoms with van der Waals surface area (Å²) in [4.78, 5) is 22.9. The van der Waals surface area contributed by atoms with Crippen molar-refractivity contribution in [3.63, 3.8) is 0 Å². The molecule has 5 nitrogen and oxygen atoms in total. The summed E-state index contributed by atoms with van der Waals surface area (Å²) in [5, 5.41) is 11.5. The molecule has 19 heavy (non-hydrogen) atoms. The van der Waals surface area contributed by atoms with Crippen molar-refractivity contribution in [3.8, 4) is 5.75 Å². The molecule has 1 heterocycles. The Morgan fingerprint density at radius 2 is 2.21 bits per heavy atom. The van der Waals surface area contributed by atoms with Crippen molar-refractivity contribution in [2.24, 2.45) is 5.92 Å². The lowest BCUT2D eigenvalue weighted by Crippen LogP contribution is -2.45. The Balaban J connectivity index is 2.01. The van der Waals surface area contributed by atoms with E-state index >= 15 is 0 Å². The third-order valence-corrected chi connectivity index (χ3v) is 3.27. The SMILES string of the molecule is CC[C@H](NC(=O)C1COc2ccccc2C1)C(=O)O. The van der Waals surface area contributed by atoms with E-state index < -0.39 is 12.0 Å². The maximum absolute atomic E-state index is 12.0. The molecule has 0 fully saturated rings. The zero-order valence-electron chi connectivity index (χ0n) is 10.8. The Bertz CT molecular complexity index is 486. The van der Waals surface area contributed by atoms with Crippen molar-refractivity contribution in [3.05, 3.63) is 29.8 Å². The Hall–Kier alpha value is -2.04. The van der Waals surface area contributed by atoms with Gasteiger partial charge in [-0.05, 0) is 24.5 Å². The number of hydrogen-bond acceptors (Lipinski definition) is 3. The van der Waals surface area contributed by atoms with E-state index in [0.29, 0.717) is 19.4 Å². The maximum Gasteiger partial charge on any atom is 0.326 e. The summed E-state index contributed by atoms with van der Waals surface area (Å²) in [5.41, 5.74) is 0.984. The van der Waals surface area contributed by atoms with Crippen molar-refractivity contribution >= 4 is 11.9 Å². The number of aliphatic carboxylic acids is 1. The van der Waals surface area contributed by atoms with Crippen LogP contribution in [0.15, 0.2) is 24.3 Å². The smallest absolute Gasteiger partial charge is 0.326 e. The number of hydrogen-bond donors (Lipinski definition) is 2. The average Bonchev–Trinajstić information content (AvgIpc) is 2.43. The standard InChI is InChI=1S/C14H17NO4/c1-2-11(14(17)18)15-13(16)10-7-9-5-3-4-6-12(9)19-8-10/h3-6,10-11H,2,7-8H2,1H3,(H,15,16)(H,17,18)/t10?,11-/m0/s1. The zero-order valence-corrected chi connectivity index (χ0v) is 10.8. The fourth-order valence-corrected chi connectivity index (χ4v) is 2.12. The number of ether oxygens (including phenoxy) is 1. The highest BCUT2D eigenvalue weighted by atomic mass is 16.5. The van der Waals surface area contributed by atoms with Gasteiger partial charge in [0.25, 0.3) is 0 Å². The second kappa shape index (κ2) is 5.73. The molecule has 1 aliphatic heterocycles. The number of carboxylic acids is 1. The Kier molecular flexibility index (Phi) is 4.04. The second-order valence-electron chi connectivity index (χ2n) is 4.63. The molecular weight excluding hydrogens is 246 g/mol. The minimum absolute atomic E-state index is 0.260. The summed E-state index contributed by atoms with van der Waals surface area (Å²) in [6, 6.07) is 6.74. The molecule has 0 radical (unpaired) electrons. The van der Waals surface area contributed by atoms with Gasteiger partial charge in [-0.15, -0.1) is 0 Å². The first-order chi connectivity index (χ1) is 9.11. The summed E-state index contributed by atoms with van der Waals surface area (Å²) in [6.45, 7) is 2.02. The van der Waals surface area contributed by atoms with Crippen LogP contribution in [0.2, 0.25) is 0 Å². The van der Waals surface area contributed by atoms with Crippen LogP contribution in [-0.2, 0) is 16.0 Å². The largest absolute Gasteiger partial charge is 0.492 e. The van der Waals surface area contributed by atoms with Crippen LogP contribution in [-0.4, -0.2) is 29.6 Å². The predicted octanol–water partition coefficient (Wildman–Crippen LogP) is 1.22. The minimum atomic E-state index is -1.01. The molecule has 0 spiro atoms. The molecule has 0 aromatic heterocycles. The van der Waals surface area contributed by atoms with Gasteiger partial charge in [0.15, 0.2) is 0 Å². The van der Waals surface area contributed by atoms with Crippen LogP contribution in [0.25, 0.3) is 0 Å². The van der Waals surface area contributed by atoms with Crippen molar-refractivity contribution in [1.29, 1.82) is 0 Å². The van der Waals surface area contributed by atoms with Gasteiger partial charge in [-0.25, -0.2) is 4.79 Å². The molecule has 2 atom stereocenters. The number of rotatable bonds is 4. The number of carbonyl (C=O) groups is 2. The van der Waals surface area contributed by atoms with Gasteiger partial charge in [-0.3, -0.25) is 4.79 Å². The number of carboxylic acid groups (broad SMARTS) is 1. The summed E-state index contributed by atoms with van der Waals surface area (Å²) in [5.74, 6) is -0.795.